The zero-order valence-electron chi connectivity index (χ0n) is 21.3. The summed E-state index contributed by atoms with van der Waals surface area (Å²) in [6.07, 6.45) is 5.03. The molecule has 0 bridgehead atoms. The molecular formula is C28H38O7. The molecule has 7 rings (SSSR count). The Morgan fingerprint density at radius 3 is 2.54 bits per heavy atom. The Labute approximate surface area is 206 Å². The van der Waals surface area contributed by atoms with E-state index in [1.807, 2.05) is 20.8 Å². The highest BCUT2D eigenvalue weighted by Crippen LogP contribution is 2.71. The standard InChI is InChI=1S/C28H38O7/c1-13(17-12-24(2)27(5,35-24)23(31)33-17)14-8-9-15-20-16(11-19(30)25(14,15)3)26(4)18(29)7-6-10-28(26,32)22-21(20)34-22/h6-7,13-17,20-23,31-32H,8-12H2,1-5H3/t13-,14+,15-,16-,17+,20-,21-,22-,23?,24-,25+,26-,27+,28-/m0/s1. The fourth-order valence-corrected chi connectivity index (χ4v) is 9.89. The molecule has 0 spiro atoms. The van der Waals surface area contributed by atoms with Crippen molar-refractivity contribution in [1.29, 1.82) is 0 Å². The van der Waals surface area contributed by atoms with E-state index in [0.717, 1.165) is 12.8 Å². The van der Waals surface area contributed by atoms with Gasteiger partial charge in [0, 0.05) is 18.3 Å². The third kappa shape index (κ3) is 2.42. The lowest BCUT2D eigenvalue weighted by atomic mass is 9.43. The summed E-state index contributed by atoms with van der Waals surface area (Å²) < 4.78 is 18.2. The second-order valence-electron chi connectivity index (χ2n) is 13.5. The molecule has 7 aliphatic rings. The maximum atomic E-state index is 14.1. The number of rotatable bonds is 2. The Hall–Kier alpha value is -1.12. The molecule has 3 saturated carbocycles. The van der Waals surface area contributed by atoms with Crippen molar-refractivity contribution in [2.24, 2.45) is 40.4 Å². The van der Waals surface area contributed by atoms with E-state index >= 15 is 0 Å². The predicted octanol–water partition coefficient (Wildman–Crippen LogP) is 2.56. The second-order valence-corrected chi connectivity index (χ2v) is 13.5. The van der Waals surface area contributed by atoms with Gasteiger partial charge >= 0.3 is 0 Å². The van der Waals surface area contributed by atoms with E-state index in [4.69, 9.17) is 14.2 Å². The number of Topliss-reactive ketones (excluding diaryl/α,β-unsaturated/α-hetero) is 1. The summed E-state index contributed by atoms with van der Waals surface area (Å²) in [5, 5.41) is 22.4. The molecule has 0 aromatic heterocycles. The second kappa shape index (κ2) is 6.47. The van der Waals surface area contributed by atoms with Crippen molar-refractivity contribution >= 4 is 11.6 Å². The minimum atomic E-state index is -1.23. The third-order valence-electron chi connectivity index (χ3n) is 12.5. The molecule has 192 valence electrons. The smallest absolute Gasteiger partial charge is 0.186 e. The fourth-order valence-electron chi connectivity index (χ4n) is 9.89. The first-order chi connectivity index (χ1) is 16.3. The molecule has 0 aromatic carbocycles. The monoisotopic (exact) mass is 486 g/mol. The molecular weight excluding hydrogens is 448 g/mol. The lowest BCUT2D eigenvalue weighted by Gasteiger charge is -2.59. The quantitative estimate of drug-likeness (QED) is 0.578. The maximum absolute atomic E-state index is 14.1. The average Bonchev–Trinajstić information content (AvgIpc) is 3.66. The molecule has 0 radical (unpaired) electrons. The summed E-state index contributed by atoms with van der Waals surface area (Å²) in [4.78, 5) is 27.4. The minimum absolute atomic E-state index is 0.0696. The number of aliphatic hydroxyl groups is 2. The van der Waals surface area contributed by atoms with E-state index in [1.54, 1.807) is 12.2 Å². The molecule has 35 heavy (non-hydrogen) atoms. The van der Waals surface area contributed by atoms with Gasteiger partial charge in [-0.25, -0.2) is 0 Å². The molecule has 4 aliphatic carbocycles. The number of epoxide rings is 2. The van der Waals surface area contributed by atoms with Gasteiger partial charge in [0.15, 0.2) is 12.1 Å². The summed E-state index contributed by atoms with van der Waals surface area (Å²) in [5.74, 6) is 0.335. The van der Waals surface area contributed by atoms with Crippen LogP contribution in [0.4, 0.5) is 0 Å². The lowest BCUT2D eigenvalue weighted by molar-refractivity contribution is -0.205. The first kappa shape index (κ1) is 23.0. The van der Waals surface area contributed by atoms with E-state index in [0.29, 0.717) is 19.3 Å². The number of ketones is 2. The molecule has 7 nitrogen and oxygen atoms in total. The van der Waals surface area contributed by atoms with Crippen LogP contribution in [0.25, 0.3) is 0 Å². The Kier molecular flexibility index (Phi) is 4.26. The number of carbonyl (C=O) groups excluding carboxylic acids is 2. The van der Waals surface area contributed by atoms with Crippen LogP contribution in [0.1, 0.15) is 66.7 Å². The highest BCUT2D eigenvalue weighted by molar-refractivity contribution is 5.98. The number of ether oxygens (including phenoxy) is 3. The van der Waals surface area contributed by atoms with Crippen molar-refractivity contribution in [2.75, 3.05) is 0 Å². The maximum Gasteiger partial charge on any atom is 0.186 e. The summed E-state index contributed by atoms with van der Waals surface area (Å²) >= 11 is 0. The molecule has 1 unspecified atom stereocenters. The average molecular weight is 487 g/mol. The molecule has 14 atom stereocenters. The molecule has 2 N–H and O–H groups in total. The molecule has 7 heteroatoms. The van der Waals surface area contributed by atoms with Gasteiger partial charge in [0.1, 0.15) is 28.7 Å². The Morgan fingerprint density at radius 1 is 1.09 bits per heavy atom. The number of aliphatic hydroxyl groups excluding tert-OH is 1. The van der Waals surface area contributed by atoms with E-state index in [1.165, 1.54) is 0 Å². The highest BCUT2D eigenvalue weighted by atomic mass is 16.7. The molecule has 3 aliphatic heterocycles. The van der Waals surface area contributed by atoms with Gasteiger partial charge in [-0.05, 0) is 75.7 Å². The van der Waals surface area contributed by atoms with Crippen LogP contribution in [0, 0.1) is 40.4 Å². The van der Waals surface area contributed by atoms with Crippen molar-refractivity contribution in [3.8, 4) is 0 Å². The Bertz CT molecular complexity index is 1060. The molecule has 0 amide bonds. The molecule has 6 fully saturated rings. The van der Waals surface area contributed by atoms with E-state index < -0.39 is 33.9 Å². The summed E-state index contributed by atoms with van der Waals surface area (Å²) in [6.45, 7) is 10.1. The van der Waals surface area contributed by atoms with E-state index in [9.17, 15) is 19.8 Å². The molecule has 3 saturated heterocycles. The van der Waals surface area contributed by atoms with Gasteiger partial charge < -0.3 is 24.4 Å². The third-order valence-corrected chi connectivity index (χ3v) is 12.5. The van der Waals surface area contributed by atoms with Gasteiger partial charge in [0.25, 0.3) is 0 Å². The normalized spacial score (nSPS) is 62.8. The fraction of sp³-hybridized carbons (Fsp3) is 0.857. The van der Waals surface area contributed by atoms with Crippen LogP contribution in [0.15, 0.2) is 12.2 Å². The number of allylic oxidation sites excluding steroid dienone is 1. The first-order valence-electron chi connectivity index (χ1n) is 13.5. The number of hydrogen-bond donors (Lipinski definition) is 2. The zero-order chi connectivity index (χ0) is 24.9. The number of carbonyl (C=O) groups is 2. The largest absolute Gasteiger partial charge is 0.386 e. The van der Waals surface area contributed by atoms with Crippen LogP contribution >= 0.6 is 0 Å². The summed E-state index contributed by atoms with van der Waals surface area (Å²) in [7, 11) is 0. The summed E-state index contributed by atoms with van der Waals surface area (Å²) in [5.41, 5.74) is -3.80. The number of hydrogen-bond acceptors (Lipinski definition) is 7. The van der Waals surface area contributed by atoms with Crippen molar-refractivity contribution in [3.63, 3.8) is 0 Å². The van der Waals surface area contributed by atoms with Gasteiger partial charge in [0.05, 0.1) is 17.6 Å². The van der Waals surface area contributed by atoms with Crippen LogP contribution < -0.4 is 0 Å². The van der Waals surface area contributed by atoms with Gasteiger partial charge in [0.2, 0.25) is 0 Å². The highest BCUT2D eigenvalue weighted by Gasteiger charge is 2.79. The minimum Gasteiger partial charge on any atom is -0.386 e. The van der Waals surface area contributed by atoms with Crippen LogP contribution in [0.5, 0.6) is 0 Å². The van der Waals surface area contributed by atoms with Crippen molar-refractivity contribution in [3.05, 3.63) is 12.2 Å². The van der Waals surface area contributed by atoms with E-state index in [2.05, 4.69) is 13.8 Å². The zero-order valence-corrected chi connectivity index (χ0v) is 21.3. The molecule has 3 heterocycles. The van der Waals surface area contributed by atoms with Gasteiger partial charge in [-0.1, -0.05) is 19.9 Å². The van der Waals surface area contributed by atoms with Crippen LogP contribution in [-0.4, -0.2) is 63.2 Å². The van der Waals surface area contributed by atoms with Gasteiger partial charge in [-0.3, -0.25) is 9.59 Å². The lowest BCUT2D eigenvalue weighted by Crippen LogP contribution is -2.68. The number of fused-ring (bicyclic) bond motifs is 9. The van der Waals surface area contributed by atoms with Crippen LogP contribution in [-0.2, 0) is 23.8 Å². The van der Waals surface area contributed by atoms with Crippen LogP contribution in [0.2, 0.25) is 0 Å². The van der Waals surface area contributed by atoms with Crippen molar-refractivity contribution in [1.82, 2.24) is 0 Å². The Balaban J connectivity index is 1.21. The molecule has 0 aromatic rings. The summed E-state index contributed by atoms with van der Waals surface area (Å²) in [6, 6.07) is 0. The van der Waals surface area contributed by atoms with Gasteiger partial charge in [-0.15, -0.1) is 0 Å². The SMILES string of the molecule is C[C@@H]([C@H]1CC[C@H]2[C@@H]3[C@@H]4O[C@@H]4[C@@]4(O)CC=CC(=O)[C@]4(C)[C@H]3CC(=O)[C@]12C)[C@H]1C[C@]2(C)O[C@]2(C)C(O)O1. The van der Waals surface area contributed by atoms with Crippen molar-refractivity contribution < 1.29 is 34.0 Å². The Morgan fingerprint density at radius 2 is 1.83 bits per heavy atom. The first-order valence-corrected chi connectivity index (χ1v) is 13.5. The topological polar surface area (TPSA) is 109 Å². The predicted molar refractivity (Wildman–Crippen MR) is 124 cm³/mol. The van der Waals surface area contributed by atoms with Gasteiger partial charge in [-0.2, -0.15) is 0 Å². The van der Waals surface area contributed by atoms with Crippen molar-refractivity contribution in [2.45, 2.75) is 108 Å². The van der Waals surface area contributed by atoms with E-state index in [-0.39, 0.29) is 59.5 Å². The van der Waals surface area contributed by atoms with Crippen LogP contribution in [0.3, 0.4) is 0 Å².